The molecule has 1 N–H and O–H groups in total. The van der Waals surface area contributed by atoms with Crippen molar-refractivity contribution in [1.82, 2.24) is 4.90 Å². The summed E-state index contributed by atoms with van der Waals surface area (Å²) < 4.78 is 4.87. The number of aryl methyl sites for hydroxylation is 1. The second-order valence-electron chi connectivity index (χ2n) is 9.73. The number of hydrogen-bond donors (Lipinski definition) is 1. The minimum atomic E-state index is -1.22. The van der Waals surface area contributed by atoms with Crippen molar-refractivity contribution in [2.75, 3.05) is 23.9 Å². The van der Waals surface area contributed by atoms with Gasteiger partial charge in [0, 0.05) is 27.6 Å². The lowest BCUT2D eigenvalue weighted by Gasteiger charge is -2.33. The number of halogens is 1. The van der Waals surface area contributed by atoms with Crippen molar-refractivity contribution in [3.8, 4) is 5.75 Å². The van der Waals surface area contributed by atoms with Gasteiger partial charge in [-0.25, -0.2) is 4.79 Å². The predicted molar refractivity (Wildman–Crippen MR) is 146 cm³/mol. The largest absolute Gasteiger partial charge is 0.497 e. The van der Waals surface area contributed by atoms with E-state index < -0.39 is 4.87 Å². The van der Waals surface area contributed by atoms with Gasteiger partial charge >= 0.3 is 6.03 Å². The van der Waals surface area contributed by atoms with E-state index in [1.165, 1.54) is 11.8 Å². The molecule has 1 saturated heterocycles. The van der Waals surface area contributed by atoms with Crippen LogP contribution < -0.4 is 15.0 Å². The number of hydrogen-bond acceptors (Lipinski definition) is 4. The molecule has 6 nitrogen and oxygen atoms in total. The summed E-state index contributed by atoms with van der Waals surface area (Å²) in [6.07, 6.45) is 0. The van der Waals surface area contributed by atoms with Crippen LogP contribution in [0.1, 0.15) is 30.5 Å². The molecule has 0 radical (unpaired) electrons. The third-order valence-corrected chi connectivity index (χ3v) is 8.50. The fraction of sp³-hybridized carbons (Fsp3) is 0.286. The second-order valence-corrected chi connectivity index (χ2v) is 12.1. The van der Waals surface area contributed by atoms with Gasteiger partial charge in [0.25, 0.3) is 5.91 Å². The highest BCUT2D eigenvalue weighted by Crippen LogP contribution is 2.60. The standard InChI is InChI=1S/C28H28ClN3O3S/c1-18-7-5-6-8-19(18)16-31-24-14-9-20(29)15-23(24)28(25(31)33)32(17-27(2,3)36-28)26(34)30-21-10-12-22(35-4)13-11-21/h5-15H,16-17H2,1-4H3,(H,30,34)/t28-/m1/s1. The maximum Gasteiger partial charge on any atom is 0.323 e. The Balaban J connectivity index is 1.57. The van der Waals surface area contributed by atoms with Crippen molar-refractivity contribution in [3.63, 3.8) is 0 Å². The number of carbonyl (C=O) groups is 2. The first-order valence-electron chi connectivity index (χ1n) is 11.7. The summed E-state index contributed by atoms with van der Waals surface area (Å²) in [4.78, 5) is 30.4. The third-order valence-electron chi connectivity index (χ3n) is 6.67. The van der Waals surface area contributed by atoms with Crippen molar-refractivity contribution in [1.29, 1.82) is 0 Å². The van der Waals surface area contributed by atoms with Crippen LogP contribution in [0, 0.1) is 6.92 Å². The van der Waals surface area contributed by atoms with Crippen molar-refractivity contribution >= 4 is 46.7 Å². The number of anilines is 2. The first-order valence-corrected chi connectivity index (χ1v) is 12.9. The Labute approximate surface area is 220 Å². The Hall–Kier alpha value is -3.16. The number of methoxy groups -OCH3 is 1. The van der Waals surface area contributed by atoms with Gasteiger partial charge in [-0.3, -0.25) is 9.69 Å². The molecule has 3 aromatic rings. The molecular formula is C28H28ClN3O3S. The van der Waals surface area contributed by atoms with Crippen LogP contribution in [-0.4, -0.2) is 35.2 Å². The smallest absolute Gasteiger partial charge is 0.323 e. The number of ether oxygens (including phenoxy) is 1. The van der Waals surface area contributed by atoms with Gasteiger partial charge < -0.3 is 15.0 Å². The van der Waals surface area contributed by atoms with Crippen LogP contribution in [-0.2, 0) is 16.2 Å². The monoisotopic (exact) mass is 521 g/mol. The normalized spacial score (nSPS) is 20.1. The summed E-state index contributed by atoms with van der Waals surface area (Å²) in [6, 6.07) is 20.3. The topological polar surface area (TPSA) is 61.9 Å². The zero-order valence-corrected chi connectivity index (χ0v) is 22.2. The molecule has 0 saturated carbocycles. The fourth-order valence-corrected chi connectivity index (χ4v) is 6.85. The molecule has 186 valence electrons. The SMILES string of the molecule is COc1ccc(NC(=O)N2CC(C)(C)S[C@]23C(=O)N(Cc2ccccc2C)c2ccc(Cl)cc23)cc1. The van der Waals surface area contributed by atoms with Crippen LogP contribution in [0.4, 0.5) is 16.2 Å². The van der Waals surface area contributed by atoms with E-state index >= 15 is 0 Å². The molecule has 0 unspecified atom stereocenters. The lowest BCUT2D eigenvalue weighted by atomic mass is 10.0. The molecule has 2 aliphatic heterocycles. The molecule has 1 fully saturated rings. The Morgan fingerprint density at radius 1 is 1.11 bits per heavy atom. The average molecular weight is 522 g/mol. The quantitative estimate of drug-likeness (QED) is 0.430. The van der Waals surface area contributed by atoms with Crippen molar-refractivity contribution in [3.05, 3.63) is 88.4 Å². The summed E-state index contributed by atoms with van der Waals surface area (Å²) in [5.74, 6) is 0.562. The lowest BCUT2D eigenvalue weighted by Crippen LogP contribution is -2.51. The highest BCUT2D eigenvalue weighted by molar-refractivity contribution is 8.02. The van der Waals surface area contributed by atoms with Gasteiger partial charge in [-0.05, 0) is 74.4 Å². The van der Waals surface area contributed by atoms with E-state index in [0.717, 1.165) is 22.4 Å². The van der Waals surface area contributed by atoms with Crippen molar-refractivity contribution < 1.29 is 14.3 Å². The average Bonchev–Trinajstić information content (AvgIpc) is 3.27. The molecule has 36 heavy (non-hydrogen) atoms. The molecule has 5 rings (SSSR count). The molecule has 8 heteroatoms. The van der Waals surface area contributed by atoms with Crippen LogP contribution in [0.2, 0.25) is 5.02 Å². The number of nitrogens with one attached hydrogen (secondary N) is 1. The Morgan fingerprint density at radius 2 is 1.83 bits per heavy atom. The van der Waals surface area contributed by atoms with Crippen LogP contribution in [0.25, 0.3) is 0 Å². The molecule has 1 spiro atoms. The van der Waals surface area contributed by atoms with E-state index in [4.69, 9.17) is 16.3 Å². The number of thioether (sulfide) groups is 1. The molecule has 0 bridgehead atoms. The van der Waals surface area contributed by atoms with Gasteiger partial charge in [-0.1, -0.05) is 35.9 Å². The Kier molecular flexibility index (Phi) is 6.17. The molecule has 3 aromatic carbocycles. The number of rotatable bonds is 4. The lowest BCUT2D eigenvalue weighted by molar-refractivity contribution is -0.123. The summed E-state index contributed by atoms with van der Waals surface area (Å²) in [5, 5.41) is 3.51. The van der Waals surface area contributed by atoms with Gasteiger partial charge in [0.05, 0.1) is 19.3 Å². The molecule has 2 heterocycles. The van der Waals surface area contributed by atoms with Gasteiger partial charge in [-0.2, -0.15) is 0 Å². The molecule has 0 aromatic heterocycles. The Morgan fingerprint density at radius 3 is 2.53 bits per heavy atom. The van der Waals surface area contributed by atoms with Crippen molar-refractivity contribution in [2.45, 2.75) is 36.9 Å². The second kappa shape index (κ2) is 9.05. The number of amides is 3. The van der Waals surface area contributed by atoms with E-state index in [1.807, 2.05) is 43.3 Å². The van der Waals surface area contributed by atoms with E-state index in [-0.39, 0.29) is 16.7 Å². The fourth-order valence-electron chi connectivity index (χ4n) is 4.96. The highest BCUT2D eigenvalue weighted by Gasteiger charge is 2.63. The maximum atomic E-state index is 14.4. The number of benzene rings is 3. The predicted octanol–water partition coefficient (Wildman–Crippen LogP) is 6.42. The van der Waals surface area contributed by atoms with Gasteiger partial charge in [0.2, 0.25) is 0 Å². The molecule has 3 amide bonds. The van der Waals surface area contributed by atoms with E-state index in [2.05, 4.69) is 19.2 Å². The summed E-state index contributed by atoms with van der Waals surface area (Å²) in [7, 11) is 1.60. The van der Waals surface area contributed by atoms with Crippen LogP contribution in [0.3, 0.4) is 0 Å². The Bertz CT molecular complexity index is 1340. The minimum absolute atomic E-state index is 0.136. The zero-order chi connectivity index (χ0) is 25.7. The van der Waals surface area contributed by atoms with E-state index in [1.54, 1.807) is 47.2 Å². The number of fused-ring (bicyclic) bond motifs is 2. The van der Waals surface area contributed by atoms with Gasteiger partial charge in [-0.15, -0.1) is 11.8 Å². The molecule has 0 aliphatic carbocycles. The maximum absolute atomic E-state index is 14.4. The molecular weight excluding hydrogens is 494 g/mol. The summed E-state index contributed by atoms with van der Waals surface area (Å²) in [6.45, 7) is 6.96. The third kappa shape index (κ3) is 4.10. The van der Waals surface area contributed by atoms with Gasteiger partial charge in [0.1, 0.15) is 5.75 Å². The van der Waals surface area contributed by atoms with Crippen LogP contribution >= 0.6 is 23.4 Å². The van der Waals surface area contributed by atoms with E-state index in [0.29, 0.717) is 29.5 Å². The minimum Gasteiger partial charge on any atom is -0.497 e. The number of carbonyl (C=O) groups excluding carboxylic acids is 2. The van der Waals surface area contributed by atoms with E-state index in [9.17, 15) is 9.59 Å². The summed E-state index contributed by atoms with van der Waals surface area (Å²) >= 11 is 7.96. The first kappa shape index (κ1) is 24.5. The molecule has 1 atom stereocenters. The molecule has 2 aliphatic rings. The first-order chi connectivity index (χ1) is 17.1. The highest BCUT2D eigenvalue weighted by atomic mass is 35.5. The van der Waals surface area contributed by atoms with Crippen LogP contribution in [0.15, 0.2) is 66.7 Å². The van der Waals surface area contributed by atoms with Crippen molar-refractivity contribution in [2.24, 2.45) is 0 Å². The van der Waals surface area contributed by atoms with Crippen LogP contribution in [0.5, 0.6) is 5.75 Å². The number of urea groups is 1. The number of nitrogens with zero attached hydrogens (tertiary/aromatic N) is 2. The zero-order valence-electron chi connectivity index (χ0n) is 20.7. The summed E-state index contributed by atoms with van der Waals surface area (Å²) in [5.41, 5.74) is 4.31. The van der Waals surface area contributed by atoms with Gasteiger partial charge in [0.15, 0.2) is 4.87 Å².